The fraction of sp³-hybridized carbons (Fsp3) is 0.111. The van der Waals surface area contributed by atoms with Crippen molar-refractivity contribution < 1.29 is 19.1 Å². The number of rotatable bonds is 5. The fourth-order valence-corrected chi connectivity index (χ4v) is 4.21. The van der Waals surface area contributed by atoms with Crippen molar-refractivity contribution in [2.24, 2.45) is 5.73 Å². The van der Waals surface area contributed by atoms with Gasteiger partial charge in [-0.3, -0.25) is 9.88 Å². The third-order valence-electron chi connectivity index (χ3n) is 5.75. The molecule has 1 atom stereocenters. The number of nitrogens with zero attached hydrogens (tertiary/aromatic N) is 3. The molecule has 0 spiro atoms. The van der Waals surface area contributed by atoms with Crippen LogP contribution in [-0.2, 0) is 19.1 Å². The molecule has 8 heteroatoms. The largest absolute Gasteiger partial charge is 0.466 e. The smallest absolute Gasteiger partial charge is 0.355 e. The second-order valence-electron chi connectivity index (χ2n) is 7.59. The number of aromatic nitrogens is 1. The van der Waals surface area contributed by atoms with E-state index in [9.17, 15) is 14.9 Å². The highest BCUT2D eigenvalue weighted by molar-refractivity contribution is 6.07. The van der Waals surface area contributed by atoms with Crippen LogP contribution in [0.1, 0.15) is 11.5 Å². The van der Waals surface area contributed by atoms with Crippen LogP contribution in [0, 0.1) is 11.3 Å². The summed E-state index contributed by atoms with van der Waals surface area (Å²) in [6.07, 6.45) is 3.29. The molecule has 2 N–H and O–H groups in total. The maximum Gasteiger partial charge on any atom is 0.355 e. The predicted molar refractivity (Wildman–Crippen MR) is 129 cm³/mol. The molecule has 1 aliphatic heterocycles. The fourth-order valence-electron chi connectivity index (χ4n) is 4.21. The van der Waals surface area contributed by atoms with E-state index in [0.29, 0.717) is 16.8 Å². The van der Waals surface area contributed by atoms with Crippen molar-refractivity contribution >= 4 is 17.6 Å². The molecule has 1 unspecified atom stereocenters. The summed E-state index contributed by atoms with van der Waals surface area (Å²) in [5, 5.41) is 10.2. The van der Waals surface area contributed by atoms with E-state index < -0.39 is 17.9 Å². The molecule has 1 aliphatic rings. The van der Waals surface area contributed by atoms with Crippen molar-refractivity contribution in [3.8, 4) is 17.2 Å². The number of hydrogen-bond acceptors (Lipinski definition) is 8. The molecule has 0 aliphatic carbocycles. The first-order chi connectivity index (χ1) is 17.0. The van der Waals surface area contributed by atoms with E-state index >= 15 is 0 Å². The lowest BCUT2D eigenvalue weighted by molar-refractivity contribution is -0.139. The first kappa shape index (κ1) is 23.3. The Morgan fingerprint density at radius 3 is 2.20 bits per heavy atom. The number of methoxy groups -OCH3 is 2. The van der Waals surface area contributed by atoms with Crippen molar-refractivity contribution in [3.05, 3.63) is 107 Å². The van der Waals surface area contributed by atoms with Gasteiger partial charge in [-0.05, 0) is 29.3 Å². The summed E-state index contributed by atoms with van der Waals surface area (Å²) in [4.78, 5) is 31.9. The molecule has 3 aromatic rings. The van der Waals surface area contributed by atoms with Gasteiger partial charge in [0.25, 0.3) is 0 Å². The third-order valence-corrected chi connectivity index (χ3v) is 5.75. The zero-order valence-electron chi connectivity index (χ0n) is 19.1. The van der Waals surface area contributed by atoms with Crippen molar-refractivity contribution in [2.45, 2.75) is 5.92 Å². The number of para-hydroxylation sites is 1. The summed E-state index contributed by atoms with van der Waals surface area (Å²) in [6.45, 7) is 0. The average Bonchev–Trinajstić information content (AvgIpc) is 2.92. The van der Waals surface area contributed by atoms with Gasteiger partial charge in [0, 0.05) is 18.0 Å². The molecule has 2 heterocycles. The van der Waals surface area contributed by atoms with Crippen molar-refractivity contribution in [1.29, 1.82) is 5.26 Å². The Balaban J connectivity index is 2.09. The molecule has 0 bridgehead atoms. The number of nitriles is 1. The SMILES string of the molecule is COC(=O)C1=C(C(=O)OC)N(c2ccccc2-c2ccncc2)C(N)=C(C#N)C1c1ccccc1. The number of benzene rings is 2. The average molecular weight is 466 g/mol. The minimum Gasteiger partial charge on any atom is -0.466 e. The molecular formula is C27H22N4O4. The number of esters is 2. The Morgan fingerprint density at radius 2 is 1.57 bits per heavy atom. The normalized spacial score (nSPS) is 15.5. The van der Waals surface area contributed by atoms with Crippen LogP contribution in [-0.4, -0.2) is 31.1 Å². The summed E-state index contributed by atoms with van der Waals surface area (Å²) in [5.74, 6) is -2.48. The van der Waals surface area contributed by atoms with Crippen LogP contribution in [0.2, 0.25) is 0 Å². The van der Waals surface area contributed by atoms with Gasteiger partial charge < -0.3 is 15.2 Å². The Labute approximate surface area is 202 Å². The van der Waals surface area contributed by atoms with Gasteiger partial charge in [0.15, 0.2) is 0 Å². The molecule has 1 aromatic heterocycles. The van der Waals surface area contributed by atoms with Gasteiger partial charge in [0.05, 0.1) is 43.0 Å². The summed E-state index contributed by atoms with van der Waals surface area (Å²) < 4.78 is 10.2. The van der Waals surface area contributed by atoms with E-state index in [1.165, 1.54) is 19.1 Å². The van der Waals surface area contributed by atoms with Crippen molar-refractivity contribution in [1.82, 2.24) is 4.98 Å². The molecule has 8 nitrogen and oxygen atoms in total. The Hall–Kier alpha value is -4.90. The molecule has 0 radical (unpaired) electrons. The van der Waals surface area contributed by atoms with E-state index in [1.807, 2.05) is 30.3 Å². The van der Waals surface area contributed by atoms with E-state index in [1.54, 1.807) is 48.8 Å². The van der Waals surface area contributed by atoms with Crippen LogP contribution in [0.4, 0.5) is 5.69 Å². The minimum atomic E-state index is -0.924. The van der Waals surface area contributed by atoms with Crippen LogP contribution < -0.4 is 10.6 Å². The number of anilines is 1. The molecule has 0 fully saturated rings. The van der Waals surface area contributed by atoms with Gasteiger partial charge in [0.2, 0.25) is 0 Å². The van der Waals surface area contributed by atoms with Gasteiger partial charge in [-0.15, -0.1) is 0 Å². The summed E-state index contributed by atoms with van der Waals surface area (Å²) in [7, 11) is 2.43. The Bertz CT molecular complexity index is 1380. The van der Waals surface area contributed by atoms with Crippen LogP contribution in [0.3, 0.4) is 0 Å². The number of pyridine rings is 1. The van der Waals surface area contributed by atoms with Crippen molar-refractivity contribution in [2.75, 3.05) is 19.1 Å². The molecule has 0 amide bonds. The zero-order chi connectivity index (χ0) is 24.9. The third kappa shape index (κ3) is 4.11. The zero-order valence-corrected chi connectivity index (χ0v) is 19.1. The highest BCUT2D eigenvalue weighted by atomic mass is 16.5. The van der Waals surface area contributed by atoms with Crippen LogP contribution >= 0.6 is 0 Å². The van der Waals surface area contributed by atoms with Gasteiger partial charge in [-0.1, -0.05) is 48.5 Å². The molecular weight excluding hydrogens is 444 g/mol. The number of hydrogen-bond donors (Lipinski definition) is 1. The van der Waals surface area contributed by atoms with E-state index in [-0.39, 0.29) is 22.7 Å². The Kier molecular flexibility index (Phi) is 6.60. The molecule has 35 heavy (non-hydrogen) atoms. The van der Waals surface area contributed by atoms with Crippen LogP contribution in [0.5, 0.6) is 0 Å². The number of allylic oxidation sites excluding steroid dienone is 1. The number of carbonyl (C=O) groups excluding carboxylic acids is 2. The molecule has 0 saturated heterocycles. The lowest BCUT2D eigenvalue weighted by Crippen LogP contribution is -2.41. The minimum absolute atomic E-state index is 0.0101. The van der Waals surface area contributed by atoms with E-state index in [4.69, 9.17) is 15.2 Å². The molecule has 0 saturated carbocycles. The van der Waals surface area contributed by atoms with Gasteiger partial charge in [-0.2, -0.15) is 5.26 Å². The van der Waals surface area contributed by atoms with Gasteiger partial charge in [0.1, 0.15) is 11.5 Å². The monoisotopic (exact) mass is 466 g/mol. The first-order valence-electron chi connectivity index (χ1n) is 10.7. The lowest BCUT2D eigenvalue weighted by Gasteiger charge is -2.36. The van der Waals surface area contributed by atoms with Crippen molar-refractivity contribution in [3.63, 3.8) is 0 Å². The number of ether oxygens (including phenoxy) is 2. The highest BCUT2D eigenvalue weighted by Crippen LogP contribution is 2.45. The lowest BCUT2D eigenvalue weighted by atomic mass is 9.80. The number of nitrogens with two attached hydrogens (primary N) is 1. The highest BCUT2D eigenvalue weighted by Gasteiger charge is 2.43. The van der Waals surface area contributed by atoms with E-state index in [2.05, 4.69) is 11.1 Å². The molecule has 174 valence electrons. The van der Waals surface area contributed by atoms with Gasteiger partial charge >= 0.3 is 11.9 Å². The second-order valence-corrected chi connectivity index (χ2v) is 7.59. The first-order valence-corrected chi connectivity index (χ1v) is 10.7. The maximum absolute atomic E-state index is 13.2. The predicted octanol–water partition coefficient (Wildman–Crippen LogP) is 3.65. The quantitative estimate of drug-likeness (QED) is 0.566. The standard InChI is InChI=1S/C27H22N4O4/c1-34-26(32)23-22(18-8-4-3-5-9-18)20(16-28)25(29)31(24(23)27(33)35-2)21-11-7-6-10-19(21)17-12-14-30-15-13-17/h3-15,22H,29H2,1-2H3. The van der Waals surface area contributed by atoms with Gasteiger partial charge in [-0.25, -0.2) is 9.59 Å². The Morgan fingerprint density at radius 1 is 0.943 bits per heavy atom. The summed E-state index contributed by atoms with van der Waals surface area (Å²) in [5.41, 5.74) is 9.15. The summed E-state index contributed by atoms with van der Waals surface area (Å²) >= 11 is 0. The molecule has 4 rings (SSSR count). The summed E-state index contributed by atoms with van der Waals surface area (Å²) in [6, 6.07) is 21.9. The second kappa shape index (κ2) is 9.93. The van der Waals surface area contributed by atoms with E-state index in [0.717, 1.165) is 5.56 Å². The number of carbonyl (C=O) groups is 2. The molecule has 2 aromatic carbocycles. The van der Waals surface area contributed by atoms with Crippen LogP contribution in [0.15, 0.2) is 102 Å². The van der Waals surface area contributed by atoms with Crippen LogP contribution in [0.25, 0.3) is 11.1 Å². The maximum atomic E-state index is 13.2. The topological polar surface area (TPSA) is 119 Å².